The summed E-state index contributed by atoms with van der Waals surface area (Å²) in [5.41, 5.74) is 1.17. The third-order valence-electron chi connectivity index (χ3n) is 3.41. The van der Waals surface area contributed by atoms with Gasteiger partial charge in [0.25, 0.3) is 0 Å². The van der Waals surface area contributed by atoms with Gasteiger partial charge in [0.2, 0.25) is 0 Å². The average Bonchev–Trinajstić information content (AvgIpc) is 3.05. The number of nitrogens with one attached hydrogen (secondary N) is 1. The van der Waals surface area contributed by atoms with E-state index in [1.165, 1.54) is 5.56 Å². The Hall–Kier alpha value is -1.84. The number of nitrogens with zero attached hydrogens (tertiary/aromatic N) is 2. The molecule has 1 saturated carbocycles. The summed E-state index contributed by atoms with van der Waals surface area (Å²) in [5, 5.41) is 7.37. The Morgan fingerprint density at radius 2 is 1.84 bits per heavy atom. The zero-order chi connectivity index (χ0) is 13.5. The van der Waals surface area contributed by atoms with Crippen molar-refractivity contribution in [3.63, 3.8) is 0 Å². The molecule has 1 aliphatic carbocycles. The van der Waals surface area contributed by atoms with Gasteiger partial charge in [0, 0.05) is 5.54 Å². The molecule has 1 heterocycles. The van der Waals surface area contributed by atoms with Gasteiger partial charge in [-0.1, -0.05) is 35.5 Å². The van der Waals surface area contributed by atoms with E-state index in [1.54, 1.807) is 0 Å². The second-order valence-electron chi connectivity index (χ2n) is 6.25. The van der Waals surface area contributed by atoms with Crippen LogP contribution in [0, 0.1) is 0 Å². The number of anilines is 1. The van der Waals surface area contributed by atoms with Gasteiger partial charge in [-0.15, -0.1) is 0 Å². The number of hydrogen-bond acceptors (Lipinski definition) is 4. The van der Waals surface area contributed by atoms with Crippen LogP contribution in [-0.2, 0) is 5.41 Å². The van der Waals surface area contributed by atoms with Crippen LogP contribution in [0.1, 0.15) is 45.0 Å². The molecule has 3 rings (SSSR count). The zero-order valence-corrected chi connectivity index (χ0v) is 11.6. The second kappa shape index (κ2) is 4.08. The summed E-state index contributed by atoms with van der Waals surface area (Å²) in [6, 6.07) is 10.9. The Balaban J connectivity index is 1.87. The standard InChI is InChI=1S/C15H19N3O/c1-14(2,3)17-13-16-12(18-19-13)15(9-10-15)11-7-5-4-6-8-11/h4-8H,9-10H2,1-3H3,(H,16,17,18). The van der Waals surface area contributed by atoms with Crippen molar-refractivity contribution in [2.24, 2.45) is 0 Å². The molecular formula is C15H19N3O. The lowest BCUT2D eigenvalue weighted by Crippen LogP contribution is -2.26. The number of rotatable bonds is 3. The van der Waals surface area contributed by atoms with Crippen LogP contribution in [-0.4, -0.2) is 15.7 Å². The van der Waals surface area contributed by atoms with Crippen molar-refractivity contribution >= 4 is 6.01 Å². The van der Waals surface area contributed by atoms with E-state index in [1.807, 2.05) is 6.07 Å². The van der Waals surface area contributed by atoms with Gasteiger partial charge >= 0.3 is 6.01 Å². The van der Waals surface area contributed by atoms with Gasteiger partial charge in [-0.05, 0) is 39.2 Å². The molecule has 1 aromatic carbocycles. The summed E-state index contributed by atoms with van der Waals surface area (Å²) in [7, 11) is 0. The van der Waals surface area contributed by atoms with E-state index < -0.39 is 0 Å². The Kier molecular flexibility index (Phi) is 2.62. The van der Waals surface area contributed by atoms with Crippen LogP contribution in [0.2, 0.25) is 0 Å². The Morgan fingerprint density at radius 3 is 2.42 bits per heavy atom. The van der Waals surface area contributed by atoms with Gasteiger partial charge in [-0.3, -0.25) is 0 Å². The van der Waals surface area contributed by atoms with Crippen LogP contribution < -0.4 is 5.32 Å². The minimum atomic E-state index is -0.0761. The van der Waals surface area contributed by atoms with Crippen LogP contribution in [0.25, 0.3) is 0 Å². The van der Waals surface area contributed by atoms with Crippen LogP contribution in [0.5, 0.6) is 0 Å². The van der Waals surface area contributed by atoms with E-state index in [0.29, 0.717) is 6.01 Å². The molecule has 0 saturated heterocycles. The lowest BCUT2D eigenvalue weighted by molar-refractivity contribution is 0.408. The van der Waals surface area contributed by atoms with Crippen LogP contribution in [0.15, 0.2) is 34.9 Å². The number of benzene rings is 1. The van der Waals surface area contributed by atoms with E-state index in [9.17, 15) is 0 Å². The molecule has 1 aromatic heterocycles. The van der Waals surface area contributed by atoms with Crippen molar-refractivity contribution in [3.8, 4) is 0 Å². The SMILES string of the molecule is CC(C)(C)Nc1nc(C2(c3ccccc3)CC2)no1. The zero-order valence-electron chi connectivity index (χ0n) is 11.6. The lowest BCUT2D eigenvalue weighted by Gasteiger charge is -2.17. The fraction of sp³-hybridized carbons (Fsp3) is 0.467. The predicted molar refractivity (Wildman–Crippen MR) is 74.1 cm³/mol. The summed E-state index contributed by atoms with van der Waals surface area (Å²) in [6.07, 6.45) is 2.18. The molecule has 1 fully saturated rings. The fourth-order valence-electron chi connectivity index (χ4n) is 2.31. The van der Waals surface area contributed by atoms with Crippen molar-refractivity contribution in [2.45, 2.75) is 44.6 Å². The highest BCUT2D eigenvalue weighted by Gasteiger charge is 2.50. The highest BCUT2D eigenvalue weighted by atomic mass is 16.5. The van der Waals surface area contributed by atoms with Crippen LogP contribution in [0.3, 0.4) is 0 Å². The monoisotopic (exact) mass is 257 g/mol. The average molecular weight is 257 g/mol. The molecule has 0 radical (unpaired) electrons. The van der Waals surface area contributed by atoms with Gasteiger partial charge in [0.05, 0.1) is 5.41 Å². The molecular weight excluding hydrogens is 238 g/mol. The Morgan fingerprint density at radius 1 is 1.16 bits per heavy atom. The molecule has 4 heteroatoms. The van der Waals surface area contributed by atoms with Crippen molar-refractivity contribution in [1.29, 1.82) is 0 Å². The van der Waals surface area contributed by atoms with Crippen molar-refractivity contribution in [2.75, 3.05) is 5.32 Å². The first-order valence-electron chi connectivity index (χ1n) is 6.68. The third kappa shape index (κ3) is 2.35. The fourth-order valence-corrected chi connectivity index (χ4v) is 2.31. The second-order valence-corrected chi connectivity index (χ2v) is 6.25. The molecule has 0 amide bonds. The summed E-state index contributed by atoms with van der Waals surface area (Å²) in [4.78, 5) is 4.52. The molecule has 4 nitrogen and oxygen atoms in total. The molecule has 19 heavy (non-hydrogen) atoms. The van der Waals surface area contributed by atoms with Gasteiger partial charge < -0.3 is 9.84 Å². The van der Waals surface area contributed by atoms with Crippen LogP contribution in [0.4, 0.5) is 6.01 Å². The molecule has 0 bridgehead atoms. The van der Waals surface area contributed by atoms with Gasteiger partial charge in [-0.25, -0.2) is 0 Å². The number of aromatic nitrogens is 2. The lowest BCUT2D eigenvalue weighted by atomic mass is 9.95. The molecule has 100 valence electrons. The summed E-state index contributed by atoms with van der Waals surface area (Å²) in [6.45, 7) is 6.21. The highest BCUT2D eigenvalue weighted by Crippen LogP contribution is 2.52. The minimum Gasteiger partial charge on any atom is -0.333 e. The maximum absolute atomic E-state index is 5.32. The topological polar surface area (TPSA) is 51.0 Å². The maximum atomic E-state index is 5.32. The van der Waals surface area contributed by atoms with Crippen molar-refractivity contribution < 1.29 is 4.52 Å². The van der Waals surface area contributed by atoms with E-state index in [2.05, 4.69) is 60.5 Å². The molecule has 1 N–H and O–H groups in total. The minimum absolute atomic E-state index is 0.0252. The summed E-state index contributed by atoms with van der Waals surface area (Å²) in [5.74, 6) is 0.797. The third-order valence-corrected chi connectivity index (χ3v) is 3.41. The maximum Gasteiger partial charge on any atom is 0.321 e. The normalized spacial score (nSPS) is 17.2. The van der Waals surface area contributed by atoms with Gasteiger partial charge in [-0.2, -0.15) is 4.98 Å². The van der Waals surface area contributed by atoms with Gasteiger partial charge in [0.1, 0.15) is 0 Å². The van der Waals surface area contributed by atoms with Crippen molar-refractivity contribution in [1.82, 2.24) is 10.1 Å². The number of hydrogen-bond donors (Lipinski definition) is 1. The van der Waals surface area contributed by atoms with E-state index in [4.69, 9.17) is 4.52 Å². The molecule has 2 aromatic rings. The Bertz CT molecular complexity index is 565. The van der Waals surface area contributed by atoms with Crippen LogP contribution >= 0.6 is 0 Å². The first kappa shape index (κ1) is 12.2. The predicted octanol–water partition coefficient (Wildman–Crippen LogP) is 3.36. The molecule has 0 unspecified atom stereocenters. The van der Waals surface area contributed by atoms with Crippen molar-refractivity contribution in [3.05, 3.63) is 41.7 Å². The molecule has 1 aliphatic rings. The molecule has 0 aliphatic heterocycles. The van der Waals surface area contributed by atoms with E-state index in [-0.39, 0.29) is 11.0 Å². The van der Waals surface area contributed by atoms with E-state index in [0.717, 1.165) is 18.7 Å². The highest BCUT2D eigenvalue weighted by molar-refractivity contribution is 5.40. The first-order chi connectivity index (χ1) is 9.00. The molecule has 0 atom stereocenters. The summed E-state index contributed by atoms with van der Waals surface area (Å²) < 4.78 is 5.32. The quantitative estimate of drug-likeness (QED) is 0.916. The smallest absolute Gasteiger partial charge is 0.321 e. The largest absolute Gasteiger partial charge is 0.333 e. The Labute approximate surface area is 113 Å². The van der Waals surface area contributed by atoms with E-state index >= 15 is 0 Å². The van der Waals surface area contributed by atoms with Gasteiger partial charge in [0.15, 0.2) is 5.82 Å². The summed E-state index contributed by atoms with van der Waals surface area (Å²) >= 11 is 0. The first-order valence-corrected chi connectivity index (χ1v) is 6.68. The molecule has 0 spiro atoms.